The van der Waals surface area contributed by atoms with Crippen LogP contribution in [0.3, 0.4) is 0 Å². The minimum Gasteiger partial charge on any atom is -0.494 e. The fraction of sp³-hybridized carbons (Fsp3) is 0.286. The third-order valence-electron chi connectivity index (χ3n) is 4.44. The topological polar surface area (TPSA) is 54.4 Å². The zero-order chi connectivity index (χ0) is 17.6. The Balaban J connectivity index is 1.89. The molecule has 0 fully saturated rings. The fourth-order valence-corrected chi connectivity index (χ4v) is 3.16. The van der Waals surface area contributed by atoms with Gasteiger partial charge < -0.3 is 15.2 Å². The lowest BCUT2D eigenvalue weighted by Crippen LogP contribution is -2.14. The zero-order valence-electron chi connectivity index (χ0n) is 14.7. The number of aryl methyl sites for hydroxylation is 1. The number of benzene rings is 2. The van der Waals surface area contributed by atoms with Gasteiger partial charge in [-0.2, -0.15) is 0 Å². The van der Waals surface area contributed by atoms with Crippen molar-refractivity contribution in [1.82, 2.24) is 4.98 Å². The van der Waals surface area contributed by atoms with Crippen molar-refractivity contribution < 1.29 is 9.84 Å². The highest BCUT2D eigenvalue weighted by Gasteiger charge is 2.13. The van der Waals surface area contributed by atoms with Crippen molar-refractivity contribution in [3.05, 3.63) is 65.9 Å². The van der Waals surface area contributed by atoms with Crippen LogP contribution in [0.2, 0.25) is 0 Å². The Morgan fingerprint density at radius 2 is 1.92 bits per heavy atom. The molecule has 1 aromatic heterocycles. The van der Waals surface area contributed by atoms with E-state index in [-0.39, 0.29) is 12.5 Å². The van der Waals surface area contributed by atoms with Crippen LogP contribution in [-0.4, -0.2) is 30.4 Å². The van der Waals surface area contributed by atoms with Crippen LogP contribution >= 0.6 is 0 Å². The molecule has 130 valence electrons. The molecule has 3 aromatic rings. The second kappa shape index (κ2) is 7.99. The molecule has 0 aliphatic rings. The lowest BCUT2D eigenvalue weighted by molar-refractivity contribution is 0.277. The number of anilines is 1. The highest BCUT2D eigenvalue weighted by Crippen LogP contribution is 2.30. The maximum atomic E-state index is 9.43. The van der Waals surface area contributed by atoms with Gasteiger partial charge in [0.25, 0.3) is 0 Å². The first-order chi connectivity index (χ1) is 12.2. The molecule has 4 heteroatoms. The SMILES string of the molecule is COc1cccc2c(NCC(CCO)c3ccccc3)cc(C)nc12. The number of nitrogens with one attached hydrogen (secondary N) is 1. The molecule has 0 spiro atoms. The number of ether oxygens (including phenoxy) is 1. The predicted molar refractivity (Wildman–Crippen MR) is 102 cm³/mol. The molecule has 0 aliphatic heterocycles. The summed E-state index contributed by atoms with van der Waals surface area (Å²) in [5.74, 6) is 1.03. The van der Waals surface area contributed by atoms with Crippen LogP contribution in [-0.2, 0) is 0 Å². The lowest BCUT2D eigenvalue weighted by Gasteiger charge is -2.19. The molecule has 0 saturated heterocycles. The molecular weight excluding hydrogens is 312 g/mol. The third kappa shape index (κ3) is 3.91. The number of aliphatic hydroxyl groups is 1. The number of aromatic nitrogens is 1. The molecule has 2 aromatic carbocycles. The summed E-state index contributed by atoms with van der Waals surface area (Å²) >= 11 is 0. The lowest BCUT2D eigenvalue weighted by atomic mass is 9.96. The van der Waals surface area contributed by atoms with Crippen LogP contribution in [0.15, 0.2) is 54.6 Å². The summed E-state index contributed by atoms with van der Waals surface area (Å²) in [4.78, 5) is 4.62. The highest BCUT2D eigenvalue weighted by atomic mass is 16.5. The van der Waals surface area contributed by atoms with E-state index >= 15 is 0 Å². The minimum absolute atomic E-state index is 0.172. The number of methoxy groups -OCH3 is 1. The minimum atomic E-state index is 0.172. The Kier molecular flexibility index (Phi) is 5.51. The maximum Gasteiger partial charge on any atom is 0.145 e. The van der Waals surface area contributed by atoms with Crippen molar-refractivity contribution >= 4 is 16.6 Å². The number of pyridine rings is 1. The number of hydrogen-bond acceptors (Lipinski definition) is 4. The number of fused-ring (bicyclic) bond motifs is 1. The van der Waals surface area contributed by atoms with E-state index in [1.807, 2.05) is 37.3 Å². The first-order valence-corrected chi connectivity index (χ1v) is 8.57. The van der Waals surface area contributed by atoms with Gasteiger partial charge in [0.1, 0.15) is 11.3 Å². The molecule has 1 atom stereocenters. The Hall–Kier alpha value is -2.59. The quantitative estimate of drug-likeness (QED) is 0.681. The number of aliphatic hydroxyl groups excluding tert-OH is 1. The van der Waals surface area contributed by atoms with Crippen molar-refractivity contribution in [2.45, 2.75) is 19.3 Å². The van der Waals surface area contributed by atoms with Crippen LogP contribution in [0.25, 0.3) is 10.9 Å². The number of para-hydroxylation sites is 1. The summed E-state index contributed by atoms with van der Waals surface area (Å²) < 4.78 is 5.45. The molecule has 1 unspecified atom stereocenters. The molecule has 25 heavy (non-hydrogen) atoms. The molecule has 3 rings (SSSR count). The van der Waals surface area contributed by atoms with Crippen molar-refractivity contribution in [2.75, 3.05) is 25.6 Å². The van der Waals surface area contributed by atoms with E-state index in [0.717, 1.165) is 41.0 Å². The molecule has 2 N–H and O–H groups in total. The van der Waals surface area contributed by atoms with Crippen LogP contribution in [0.1, 0.15) is 23.6 Å². The van der Waals surface area contributed by atoms with E-state index in [1.165, 1.54) is 5.56 Å². The van der Waals surface area contributed by atoms with Gasteiger partial charge in [-0.3, -0.25) is 0 Å². The Morgan fingerprint density at radius 3 is 2.64 bits per heavy atom. The monoisotopic (exact) mass is 336 g/mol. The smallest absolute Gasteiger partial charge is 0.145 e. The molecule has 0 bridgehead atoms. The van der Waals surface area contributed by atoms with Gasteiger partial charge in [0.05, 0.1) is 7.11 Å². The number of nitrogens with zero attached hydrogens (tertiary/aromatic N) is 1. The van der Waals surface area contributed by atoms with Crippen LogP contribution < -0.4 is 10.1 Å². The van der Waals surface area contributed by atoms with Crippen molar-refractivity contribution in [1.29, 1.82) is 0 Å². The Labute approximate surface area is 148 Å². The van der Waals surface area contributed by atoms with E-state index in [4.69, 9.17) is 4.74 Å². The van der Waals surface area contributed by atoms with Gasteiger partial charge in [-0.25, -0.2) is 4.98 Å². The van der Waals surface area contributed by atoms with Gasteiger partial charge in [0, 0.05) is 35.8 Å². The van der Waals surface area contributed by atoms with Gasteiger partial charge in [-0.05, 0) is 31.0 Å². The summed E-state index contributed by atoms with van der Waals surface area (Å²) in [5, 5.41) is 14.0. The van der Waals surface area contributed by atoms with E-state index in [1.54, 1.807) is 7.11 Å². The largest absolute Gasteiger partial charge is 0.494 e. The Bertz CT molecular complexity index is 834. The number of rotatable bonds is 7. The summed E-state index contributed by atoms with van der Waals surface area (Å²) in [6.45, 7) is 2.91. The summed E-state index contributed by atoms with van der Waals surface area (Å²) in [6, 6.07) is 18.3. The van der Waals surface area contributed by atoms with E-state index in [2.05, 4.69) is 34.6 Å². The summed E-state index contributed by atoms with van der Waals surface area (Å²) in [7, 11) is 1.67. The third-order valence-corrected chi connectivity index (χ3v) is 4.44. The second-order valence-corrected chi connectivity index (χ2v) is 6.17. The Morgan fingerprint density at radius 1 is 1.12 bits per heavy atom. The van der Waals surface area contributed by atoms with Gasteiger partial charge in [-0.1, -0.05) is 42.5 Å². The molecule has 0 saturated carbocycles. The number of hydrogen-bond donors (Lipinski definition) is 2. The van der Waals surface area contributed by atoms with E-state index in [9.17, 15) is 5.11 Å². The predicted octanol–water partition coefficient (Wildman–Crippen LogP) is 4.13. The van der Waals surface area contributed by atoms with Gasteiger partial charge in [0.15, 0.2) is 0 Å². The molecule has 0 aliphatic carbocycles. The van der Waals surface area contributed by atoms with E-state index < -0.39 is 0 Å². The summed E-state index contributed by atoms with van der Waals surface area (Å²) in [5.41, 5.74) is 4.08. The standard InChI is InChI=1S/C21H24N2O2/c1-15-13-19(18-9-6-10-20(25-2)21(18)23-15)22-14-17(11-12-24)16-7-4-3-5-8-16/h3-10,13,17,24H,11-12,14H2,1-2H3,(H,22,23). The van der Waals surface area contributed by atoms with E-state index in [0.29, 0.717) is 0 Å². The molecule has 0 radical (unpaired) electrons. The van der Waals surface area contributed by atoms with Crippen LogP contribution in [0.5, 0.6) is 5.75 Å². The molecule has 4 nitrogen and oxygen atoms in total. The normalized spacial score (nSPS) is 12.1. The first-order valence-electron chi connectivity index (χ1n) is 8.57. The zero-order valence-corrected chi connectivity index (χ0v) is 14.7. The molecule has 1 heterocycles. The second-order valence-electron chi connectivity index (χ2n) is 6.17. The average molecular weight is 336 g/mol. The van der Waals surface area contributed by atoms with Gasteiger partial charge in [-0.15, -0.1) is 0 Å². The van der Waals surface area contributed by atoms with Gasteiger partial charge in [0.2, 0.25) is 0 Å². The average Bonchev–Trinajstić information content (AvgIpc) is 2.65. The summed E-state index contributed by atoms with van der Waals surface area (Å²) in [6.07, 6.45) is 0.725. The maximum absolute atomic E-state index is 9.43. The van der Waals surface area contributed by atoms with Crippen molar-refractivity contribution in [2.24, 2.45) is 0 Å². The molecule has 0 amide bonds. The van der Waals surface area contributed by atoms with Gasteiger partial charge >= 0.3 is 0 Å². The first kappa shape index (κ1) is 17.2. The van der Waals surface area contributed by atoms with Crippen LogP contribution in [0, 0.1) is 6.92 Å². The van der Waals surface area contributed by atoms with Crippen molar-refractivity contribution in [3.63, 3.8) is 0 Å². The van der Waals surface area contributed by atoms with Crippen molar-refractivity contribution in [3.8, 4) is 5.75 Å². The fourth-order valence-electron chi connectivity index (χ4n) is 3.16. The highest BCUT2D eigenvalue weighted by molar-refractivity contribution is 5.95. The molecular formula is C21H24N2O2. The van der Waals surface area contributed by atoms with Crippen LogP contribution in [0.4, 0.5) is 5.69 Å².